The Balaban J connectivity index is 2.21. The lowest BCUT2D eigenvalue weighted by molar-refractivity contribution is -0.385. The third-order valence-corrected chi connectivity index (χ3v) is 3.57. The van der Waals surface area contributed by atoms with Crippen molar-refractivity contribution in [3.8, 4) is 0 Å². The molecule has 0 heterocycles. The second-order valence-electron chi connectivity index (χ2n) is 4.32. The summed E-state index contributed by atoms with van der Waals surface area (Å²) in [6.45, 7) is 1.97. The Hall–Kier alpha value is -1.95. The van der Waals surface area contributed by atoms with E-state index in [4.69, 9.17) is 0 Å². The summed E-state index contributed by atoms with van der Waals surface area (Å²) in [7, 11) is 0. The van der Waals surface area contributed by atoms with Crippen molar-refractivity contribution in [2.75, 3.05) is 5.32 Å². The molecule has 2 aromatic rings. The molecule has 104 valence electrons. The minimum Gasteiger partial charge on any atom is -0.380 e. The third kappa shape index (κ3) is 3.14. The number of hydrogen-bond donors (Lipinski definition) is 1. The van der Waals surface area contributed by atoms with Crippen LogP contribution in [0.25, 0.3) is 0 Å². The summed E-state index contributed by atoms with van der Waals surface area (Å²) < 4.78 is 14.1. The maximum Gasteiger partial charge on any atom is 0.273 e. The number of hydrogen-bond acceptors (Lipinski definition) is 3. The molecule has 0 radical (unpaired) electrons. The fraction of sp³-hybridized carbons (Fsp3) is 0.143. The highest BCUT2D eigenvalue weighted by Crippen LogP contribution is 2.31. The van der Waals surface area contributed by atoms with Gasteiger partial charge in [-0.25, -0.2) is 4.39 Å². The van der Waals surface area contributed by atoms with Crippen LogP contribution in [0.1, 0.15) is 11.1 Å². The molecule has 0 bridgehead atoms. The summed E-state index contributed by atoms with van der Waals surface area (Å²) in [5.41, 5.74) is 1.83. The number of anilines is 1. The Morgan fingerprint density at radius 3 is 2.70 bits per heavy atom. The first kappa shape index (κ1) is 14.5. The van der Waals surface area contributed by atoms with E-state index in [0.717, 1.165) is 0 Å². The molecule has 1 N–H and O–H groups in total. The zero-order chi connectivity index (χ0) is 14.7. The number of nitrogens with one attached hydrogen (secondary N) is 1. The molecule has 0 atom stereocenters. The predicted molar refractivity (Wildman–Crippen MR) is 79.3 cm³/mol. The van der Waals surface area contributed by atoms with Gasteiger partial charge in [-0.1, -0.05) is 18.2 Å². The molecule has 6 heteroatoms. The van der Waals surface area contributed by atoms with Crippen molar-refractivity contribution < 1.29 is 9.31 Å². The Kier molecular flexibility index (Phi) is 4.34. The molecule has 0 fully saturated rings. The predicted octanol–water partition coefficient (Wildman–Crippen LogP) is 4.42. The van der Waals surface area contributed by atoms with Crippen molar-refractivity contribution in [3.05, 3.63) is 67.9 Å². The van der Waals surface area contributed by atoms with Crippen LogP contribution in [0.5, 0.6) is 0 Å². The molecule has 0 amide bonds. The summed E-state index contributed by atoms with van der Waals surface area (Å²) in [6.07, 6.45) is 0. The minimum atomic E-state index is -0.430. The van der Waals surface area contributed by atoms with Gasteiger partial charge in [-0.15, -0.1) is 0 Å². The number of benzene rings is 2. The molecule has 2 rings (SSSR count). The van der Waals surface area contributed by atoms with E-state index in [1.165, 1.54) is 12.1 Å². The fourth-order valence-electron chi connectivity index (χ4n) is 1.84. The molecule has 4 nitrogen and oxygen atoms in total. The van der Waals surface area contributed by atoms with Gasteiger partial charge in [-0.05, 0) is 35.0 Å². The second kappa shape index (κ2) is 6.00. The zero-order valence-electron chi connectivity index (χ0n) is 10.7. The zero-order valence-corrected chi connectivity index (χ0v) is 12.3. The molecule has 0 aliphatic carbocycles. The molecular weight excluding hydrogens is 327 g/mol. The quantitative estimate of drug-likeness (QED) is 0.663. The molecule has 0 unspecified atom stereocenters. The molecule has 20 heavy (non-hydrogen) atoms. The van der Waals surface area contributed by atoms with Gasteiger partial charge >= 0.3 is 0 Å². The van der Waals surface area contributed by atoms with E-state index >= 15 is 0 Å². The van der Waals surface area contributed by atoms with Crippen molar-refractivity contribution in [1.82, 2.24) is 0 Å². The number of nitro groups is 1. The largest absolute Gasteiger partial charge is 0.380 e. The van der Waals surface area contributed by atoms with Crippen LogP contribution in [0.15, 0.2) is 40.9 Å². The van der Waals surface area contributed by atoms with E-state index in [2.05, 4.69) is 21.2 Å². The SMILES string of the molecule is Cc1cc(NCc2ccccc2F)c(Br)cc1[N+](=O)[O-]. The summed E-state index contributed by atoms with van der Waals surface area (Å²) in [5.74, 6) is -0.283. The van der Waals surface area contributed by atoms with Gasteiger partial charge in [-0.2, -0.15) is 0 Å². The minimum absolute atomic E-state index is 0.0494. The molecule has 0 aromatic heterocycles. The first-order chi connectivity index (χ1) is 9.49. The molecule has 2 aromatic carbocycles. The molecule has 0 spiro atoms. The molecule has 0 aliphatic rings. The molecular formula is C14H12BrFN2O2. The van der Waals surface area contributed by atoms with Crippen LogP contribution < -0.4 is 5.32 Å². The second-order valence-corrected chi connectivity index (χ2v) is 5.17. The van der Waals surface area contributed by atoms with Gasteiger partial charge < -0.3 is 5.32 Å². The highest BCUT2D eigenvalue weighted by molar-refractivity contribution is 9.10. The van der Waals surface area contributed by atoms with Gasteiger partial charge in [0, 0.05) is 33.9 Å². The number of rotatable bonds is 4. The highest BCUT2D eigenvalue weighted by Gasteiger charge is 2.14. The van der Waals surface area contributed by atoms with E-state index in [1.807, 2.05) is 0 Å². The van der Waals surface area contributed by atoms with Gasteiger partial charge in [0.05, 0.1) is 4.92 Å². The maximum absolute atomic E-state index is 13.5. The lowest BCUT2D eigenvalue weighted by Gasteiger charge is -2.10. The van der Waals surface area contributed by atoms with Crippen LogP contribution in [0.3, 0.4) is 0 Å². The highest BCUT2D eigenvalue weighted by atomic mass is 79.9. The van der Waals surface area contributed by atoms with Gasteiger partial charge in [0.25, 0.3) is 5.69 Å². The van der Waals surface area contributed by atoms with Crippen molar-refractivity contribution in [3.63, 3.8) is 0 Å². The number of nitrogens with zero attached hydrogens (tertiary/aromatic N) is 1. The van der Waals surface area contributed by atoms with Gasteiger partial charge in [0.1, 0.15) is 5.82 Å². The first-order valence-corrected chi connectivity index (χ1v) is 6.70. The van der Waals surface area contributed by atoms with Crippen LogP contribution in [-0.2, 0) is 6.54 Å². The fourth-order valence-corrected chi connectivity index (χ4v) is 2.31. The summed E-state index contributed by atoms with van der Waals surface area (Å²) >= 11 is 3.28. The Labute approximate surface area is 123 Å². The van der Waals surface area contributed by atoms with Gasteiger partial charge in [0.15, 0.2) is 0 Å². The van der Waals surface area contributed by atoms with Gasteiger partial charge in [-0.3, -0.25) is 10.1 Å². The van der Waals surface area contributed by atoms with Crippen LogP contribution in [0, 0.1) is 22.9 Å². The van der Waals surface area contributed by atoms with E-state index in [0.29, 0.717) is 27.8 Å². The number of aryl methyl sites for hydroxylation is 1. The standard InChI is InChI=1S/C14H12BrFN2O2/c1-9-6-13(11(15)7-14(9)18(19)20)17-8-10-4-2-3-5-12(10)16/h2-7,17H,8H2,1H3. The third-order valence-electron chi connectivity index (χ3n) is 2.91. The monoisotopic (exact) mass is 338 g/mol. The summed E-state index contributed by atoms with van der Waals surface area (Å²) in [4.78, 5) is 10.4. The van der Waals surface area contributed by atoms with Crippen molar-refractivity contribution in [2.45, 2.75) is 13.5 Å². The summed E-state index contributed by atoms with van der Waals surface area (Å²) in [6, 6.07) is 9.59. The lowest BCUT2D eigenvalue weighted by atomic mass is 10.1. The molecule has 0 saturated carbocycles. The Morgan fingerprint density at radius 2 is 2.05 bits per heavy atom. The van der Waals surface area contributed by atoms with Crippen molar-refractivity contribution in [1.29, 1.82) is 0 Å². The smallest absolute Gasteiger partial charge is 0.273 e. The van der Waals surface area contributed by atoms with E-state index in [1.54, 1.807) is 31.2 Å². The average molecular weight is 339 g/mol. The summed E-state index contributed by atoms with van der Waals surface area (Å²) in [5, 5.41) is 13.9. The van der Waals surface area contributed by atoms with Gasteiger partial charge in [0.2, 0.25) is 0 Å². The number of halogens is 2. The van der Waals surface area contributed by atoms with Crippen LogP contribution in [0.2, 0.25) is 0 Å². The molecule has 0 aliphatic heterocycles. The number of nitro benzene ring substituents is 1. The van der Waals surface area contributed by atoms with Crippen LogP contribution >= 0.6 is 15.9 Å². The maximum atomic E-state index is 13.5. The van der Waals surface area contributed by atoms with Crippen molar-refractivity contribution in [2.24, 2.45) is 0 Å². The Bertz CT molecular complexity index is 662. The first-order valence-electron chi connectivity index (χ1n) is 5.91. The van der Waals surface area contributed by atoms with Crippen molar-refractivity contribution >= 4 is 27.3 Å². The molecule has 0 saturated heterocycles. The topological polar surface area (TPSA) is 55.2 Å². The Morgan fingerprint density at radius 1 is 1.35 bits per heavy atom. The lowest BCUT2D eigenvalue weighted by Crippen LogP contribution is -2.03. The average Bonchev–Trinajstić information content (AvgIpc) is 2.40. The van der Waals surface area contributed by atoms with E-state index in [-0.39, 0.29) is 11.5 Å². The normalized spacial score (nSPS) is 10.3. The van der Waals surface area contributed by atoms with E-state index in [9.17, 15) is 14.5 Å². The van der Waals surface area contributed by atoms with Crippen LogP contribution in [-0.4, -0.2) is 4.92 Å². The van der Waals surface area contributed by atoms with E-state index < -0.39 is 4.92 Å². The van der Waals surface area contributed by atoms with Crippen LogP contribution in [0.4, 0.5) is 15.8 Å².